The van der Waals surface area contributed by atoms with Crippen molar-refractivity contribution in [2.45, 2.75) is 19.3 Å². The summed E-state index contributed by atoms with van der Waals surface area (Å²) in [5, 5.41) is 4.94. The zero-order valence-electron chi connectivity index (χ0n) is 32.4. The number of fused-ring (bicyclic) bond motifs is 11. The van der Waals surface area contributed by atoms with Crippen molar-refractivity contribution in [3.63, 3.8) is 0 Å². The molecule has 58 heavy (non-hydrogen) atoms. The third-order valence-corrected chi connectivity index (χ3v) is 12.6. The fraction of sp³-hybridized carbons (Fsp3) is 0.0545. The molecule has 1 aromatic heterocycles. The van der Waals surface area contributed by atoms with Crippen LogP contribution in [0.15, 0.2) is 200 Å². The molecule has 0 radical (unpaired) electrons. The quantitative estimate of drug-likeness (QED) is 0.179. The lowest BCUT2D eigenvalue weighted by molar-refractivity contribution is 0.660. The largest absolute Gasteiger partial charge is 0.310 e. The third-order valence-electron chi connectivity index (χ3n) is 12.6. The van der Waals surface area contributed by atoms with Gasteiger partial charge in [0.15, 0.2) is 0 Å². The van der Waals surface area contributed by atoms with Crippen molar-refractivity contribution >= 4 is 66.7 Å². The number of hydrogen-bond acceptors (Lipinski definition) is 2. The molecule has 0 amide bonds. The average molecular weight is 742 g/mol. The van der Waals surface area contributed by atoms with Crippen molar-refractivity contribution in [1.29, 1.82) is 0 Å². The molecular formula is C55H39N3. The monoisotopic (exact) mass is 741 g/mol. The Bertz CT molecular complexity index is 3270. The molecule has 1 aliphatic heterocycles. The molecular weight excluding hydrogens is 703 g/mol. The normalized spacial score (nSPS) is 13.8. The molecule has 0 atom stereocenters. The summed E-state index contributed by atoms with van der Waals surface area (Å²) in [6.45, 7) is 4.74. The van der Waals surface area contributed by atoms with Crippen LogP contribution in [0.4, 0.5) is 34.1 Å². The van der Waals surface area contributed by atoms with E-state index in [9.17, 15) is 0 Å². The highest BCUT2D eigenvalue weighted by Gasteiger charge is 2.37. The van der Waals surface area contributed by atoms with E-state index in [4.69, 9.17) is 0 Å². The summed E-state index contributed by atoms with van der Waals surface area (Å²) in [5.74, 6) is 0. The maximum Gasteiger partial charge on any atom is 0.0561 e. The lowest BCUT2D eigenvalue weighted by Gasteiger charge is -2.29. The molecule has 0 spiro atoms. The van der Waals surface area contributed by atoms with Gasteiger partial charge >= 0.3 is 0 Å². The Hall–Kier alpha value is -7.36. The van der Waals surface area contributed by atoms with Crippen LogP contribution in [-0.2, 0) is 5.41 Å². The van der Waals surface area contributed by atoms with Gasteiger partial charge in [-0.25, -0.2) is 0 Å². The highest BCUT2D eigenvalue weighted by atomic mass is 15.2. The van der Waals surface area contributed by atoms with Crippen LogP contribution in [0.5, 0.6) is 0 Å². The van der Waals surface area contributed by atoms with Gasteiger partial charge in [-0.1, -0.05) is 129 Å². The second kappa shape index (κ2) is 12.3. The Kier molecular flexibility index (Phi) is 6.98. The number of nitrogens with zero attached hydrogens (tertiary/aromatic N) is 3. The molecule has 2 heterocycles. The molecule has 274 valence electrons. The van der Waals surface area contributed by atoms with E-state index in [1.165, 1.54) is 60.4 Å². The molecule has 10 aromatic rings. The first-order chi connectivity index (χ1) is 28.5. The van der Waals surface area contributed by atoms with Crippen LogP contribution in [-0.4, -0.2) is 4.57 Å². The van der Waals surface area contributed by atoms with Crippen LogP contribution < -0.4 is 9.80 Å². The predicted octanol–water partition coefficient (Wildman–Crippen LogP) is 15.2. The van der Waals surface area contributed by atoms with Gasteiger partial charge in [-0.15, -0.1) is 0 Å². The number of hydrogen-bond donors (Lipinski definition) is 0. The van der Waals surface area contributed by atoms with Crippen molar-refractivity contribution in [2.24, 2.45) is 0 Å². The zero-order valence-corrected chi connectivity index (χ0v) is 32.4. The average Bonchev–Trinajstić information content (AvgIpc) is 3.71. The maximum absolute atomic E-state index is 2.45. The molecule has 8 bridgehead atoms. The predicted molar refractivity (Wildman–Crippen MR) is 244 cm³/mol. The summed E-state index contributed by atoms with van der Waals surface area (Å²) in [5.41, 5.74) is 17.8. The lowest BCUT2D eigenvalue weighted by atomic mass is 9.82. The second-order valence-electron chi connectivity index (χ2n) is 16.2. The van der Waals surface area contributed by atoms with Gasteiger partial charge in [0.2, 0.25) is 0 Å². The molecule has 9 aromatic carbocycles. The van der Waals surface area contributed by atoms with E-state index in [1.807, 2.05) is 0 Å². The third kappa shape index (κ3) is 4.80. The summed E-state index contributed by atoms with van der Waals surface area (Å²) >= 11 is 0. The molecule has 3 heteroatoms. The van der Waals surface area contributed by atoms with E-state index in [1.54, 1.807) is 0 Å². The summed E-state index contributed by atoms with van der Waals surface area (Å²) in [4.78, 5) is 4.90. The molecule has 0 fully saturated rings. The van der Waals surface area contributed by atoms with Gasteiger partial charge in [0.05, 0.1) is 16.7 Å². The summed E-state index contributed by atoms with van der Waals surface area (Å²) in [6, 6.07) is 74.2. The van der Waals surface area contributed by atoms with E-state index in [0.717, 1.165) is 45.4 Å². The molecule has 0 saturated carbocycles. The summed E-state index contributed by atoms with van der Waals surface area (Å²) in [7, 11) is 0. The van der Waals surface area contributed by atoms with E-state index in [-0.39, 0.29) is 5.41 Å². The Labute approximate surface area is 338 Å². The number of anilines is 6. The van der Waals surface area contributed by atoms with Crippen LogP contribution in [0.2, 0.25) is 0 Å². The van der Waals surface area contributed by atoms with Gasteiger partial charge in [0, 0.05) is 55.7 Å². The first-order valence-electron chi connectivity index (χ1n) is 20.2. The molecule has 0 unspecified atom stereocenters. The van der Waals surface area contributed by atoms with Crippen LogP contribution >= 0.6 is 0 Å². The minimum absolute atomic E-state index is 0.153. The van der Waals surface area contributed by atoms with Crippen LogP contribution in [0, 0.1) is 0 Å². The van der Waals surface area contributed by atoms with Crippen molar-refractivity contribution in [3.8, 4) is 27.9 Å². The molecule has 2 aliphatic rings. The van der Waals surface area contributed by atoms with Crippen LogP contribution in [0.3, 0.4) is 0 Å². The first-order valence-corrected chi connectivity index (χ1v) is 20.2. The van der Waals surface area contributed by atoms with Gasteiger partial charge in [-0.05, 0) is 124 Å². The topological polar surface area (TPSA) is 11.4 Å². The smallest absolute Gasteiger partial charge is 0.0561 e. The first kappa shape index (κ1) is 32.8. The van der Waals surface area contributed by atoms with Crippen LogP contribution in [0.1, 0.15) is 25.0 Å². The summed E-state index contributed by atoms with van der Waals surface area (Å²) < 4.78 is 2.41. The standard InChI is InChI=1S/C55H39N3/c1-55(2)50-29-26-42-33-48(50)49-34-43(27-30-51(49)55)57(52-24-12-14-36-13-6-7-21-45(36)52)41-20-11-16-38(32-41)37-15-10-19-40(31-37)56(42)44-25-28-47-46-22-8-9-23-53(46)58(54(47)35-44)39-17-4-3-5-18-39/h3-35H,1-2H3. The molecule has 1 aliphatic carbocycles. The van der Waals surface area contributed by atoms with Crippen molar-refractivity contribution in [3.05, 3.63) is 211 Å². The number of para-hydroxylation sites is 2. The minimum Gasteiger partial charge on any atom is -0.310 e. The number of aromatic nitrogens is 1. The van der Waals surface area contributed by atoms with Crippen molar-refractivity contribution < 1.29 is 0 Å². The van der Waals surface area contributed by atoms with E-state index in [2.05, 4.69) is 228 Å². The van der Waals surface area contributed by atoms with Crippen molar-refractivity contribution in [2.75, 3.05) is 9.80 Å². The Morgan fingerprint density at radius 1 is 0.345 bits per heavy atom. The fourth-order valence-electron chi connectivity index (χ4n) is 9.90. The molecule has 12 rings (SSSR count). The highest BCUT2D eigenvalue weighted by molar-refractivity contribution is 6.10. The Morgan fingerprint density at radius 3 is 1.60 bits per heavy atom. The van der Waals surface area contributed by atoms with Gasteiger partial charge in [0.1, 0.15) is 0 Å². The highest BCUT2D eigenvalue weighted by Crippen LogP contribution is 2.53. The van der Waals surface area contributed by atoms with Crippen LogP contribution in [0.25, 0.3) is 60.5 Å². The van der Waals surface area contributed by atoms with Crippen molar-refractivity contribution in [1.82, 2.24) is 4.57 Å². The zero-order chi connectivity index (χ0) is 38.5. The number of benzene rings is 9. The Balaban J connectivity index is 1.14. The summed E-state index contributed by atoms with van der Waals surface area (Å²) in [6.07, 6.45) is 0. The Morgan fingerprint density at radius 2 is 0.862 bits per heavy atom. The van der Waals surface area contributed by atoms with Gasteiger partial charge < -0.3 is 14.4 Å². The lowest BCUT2D eigenvalue weighted by Crippen LogP contribution is -2.16. The SMILES string of the molecule is CC1(C)c2ccc3cc2-c2cc(ccc21)N(c1cccc2ccccc12)c1cccc(c1)-c1cccc(c1)N3c1ccc2c3ccccc3n(-c3ccccc3)c2c1. The maximum atomic E-state index is 2.45. The molecule has 3 nitrogen and oxygen atoms in total. The van der Waals surface area contributed by atoms with Gasteiger partial charge in [-0.3, -0.25) is 0 Å². The molecule has 0 saturated heterocycles. The fourth-order valence-corrected chi connectivity index (χ4v) is 9.90. The van der Waals surface area contributed by atoms with Gasteiger partial charge in [-0.2, -0.15) is 0 Å². The minimum atomic E-state index is -0.153. The molecule has 0 N–H and O–H groups in total. The second-order valence-corrected chi connectivity index (χ2v) is 16.2. The van der Waals surface area contributed by atoms with E-state index < -0.39 is 0 Å². The van der Waals surface area contributed by atoms with E-state index >= 15 is 0 Å². The van der Waals surface area contributed by atoms with E-state index in [0.29, 0.717) is 0 Å². The van der Waals surface area contributed by atoms with Gasteiger partial charge in [0.25, 0.3) is 0 Å². The number of rotatable bonds is 3.